The lowest BCUT2D eigenvalue weighted by atomic mass is 9.87. The molecule has 0 aliphatic carbocycles. The van der Waals surface area contributed by atoms with E-state index in [0.717, 1.165) is 12.1 Å². The van der Waals surface area contributed by atoms with Crippen LogP contribution in [-0.4, -0.2) is 11.4 Å². The Morgan fingerprint density at radius 3 is 2.75 bits per heavy atom. The van der Waals surface area contributed by atoms with E-state index in [1.165, 1.54) is 6.07 Å². The van der Waals surface area contributed by atoms with E-state index in [4.69, 9.17) is 4.74 Å². The zero-order valence-electron chi connectivity index (χ0n) is 11.1. The van der Waals surface area contributed by atoms with Gasteiger partial charge in [-0.2, -0.15) is 13.2 Å². The third kappa shape index (κ3) is 2.86. The molecule has 0 bridgehead atoms. The predicted molar refractivity (Wildman–Crippen MR) is 68.9 cm³/mol. The second-order valence-corrected chi connectivity index (χ2v) is 5.19. The number of carbonyl (C=O) groups excluding carboxylic acids is 1. The Hall–Kier alpha value is -1.78. The Morgan fingerprint density at radius 2 is 2.15 bits per heavy atom. The second-order valence-electron chi connectivity index (χ2n) is 5.19. The van der Waals surface area contributed by atoms with E-state index >= 15 is 0 Å². The summed E-state index contributed by atoms with van der Waals surface area (Å²) in [6.07, 6.45) is -1.41. The molecular formula is C15H15F3O2. The molecule has 1 aromatic rings. The molecule has 1 heterocycles. The largest absolute Gasteiger partial charge is 0.486 e. The average Bonchev–Trinajstić information content (AvgIpc) is 2.34. The van der Waals surface area contributed by atoms with Crippen molar-refractivity contribution in [3.8, 4) is 5.75 Å². The summed E-state index contributed by atoms with van der Waals surface area (Å²) in [5.74, 6) is -0.172. The molecule has 1 aliphatic heterocycles. The molecule has 0 saturated carbocycles. The maximum atomic E-state index is 12.7. The number of alkyl halides is 3. The van der Waals surface area contributed by atoms with Crippen LogP contribution in [0.4, 0.5) is 13.2 Å². The van der Waals surface area contributed by atoms with Crippen LogP contribution in [-0.2, 0) is 6.18 Å². The van der Waals surface area contributed by atoms with Gasteiger partial charge in [0, 0.05) is 0 Å². The Bertz CT molecular complexity index is 549. The molecular weight excluding hydrogens is 269 g/mol. The molecule has 2 rings (SSSR count). The monoisotopic (exact) mass is 284 g/mol. The maximum Gasteiger partial charge on any atom is 0.416 e. The summed E-state index contributed by atoms with van der Waals surface area (Å²) >= 11 is 0. The zero-order chi connectivity index (χ0) is 15.0. The number of rotatable bonds is 3. The highest BCUT2D eigenvalue weighted by Gasteiger charge is 2.38. The van der Waals surface area contributed by atoms with Crippen molar-refractivity contribution in [2.24, 2.45) is 0 Å². The summed E-state index contributed by atoms with van der Waals surface area (Å²) in [5.41, 5.74) is -1.37. The highest BCUT2D eigenvalue weighted by Crippen LogP contribution is 2.39. The minimum atomic E-state index is -4.45. The standard InChI is InChI=1S/C15H15F3O2/c1-3-4-7-14(2)9-12(19)11-6-5-10(15(16,17)18)8-13(11)20-14/h3,5-6,8H,1,4,7,9H2,2H3. The lowest BCUT2D eigenvalue weighted by Crippen LogP contribution is -2.39. The number of allylic oxidation sites excluding steroid dienone is 1. The molecule has 0 amide bonds. The van der Waals surface area contributed by atoms with Crippen molar-refractivity contribution in [1.82, 2.24) is 0 Å². The lowest BCUT2D eigenvalue weighted by molar-refractivity contribution is -0.137. The third-order valence-electron chi connectivity index (χ3n) is 3.38. The molecule has 2 nitrogen and oxygen atoms in total. The van der Waals surface area contributed by atoms with Crippen LogP contribution in [0.3, 0.4) is 0 Å². The van der Waals surface area contributed by atoms with Crippen LogP contribution in [0.25, 0.3) is 0 Å². The number of halogens is 3. The highest BCUT2D eigenvalue weighted by molar-refractivity contribution is 6.00. The Labute approximate surface area is 115 Å². The number of benzene rings is 1. The fraction of sp³-hybridized carbons (Fsp3) is 0.400. The molecule has 0 N–H and O–H groups in total. The van der Waals surface area contributed by atoms with Crippen molar-refractivity contribution in [1.29, 1.82) is 0 Å². The fourth-order valence-electron chi connectivity index (χ4n) is 2.30. The number of hydrogen-bond donors (Lipinski definition) is 0. The van der Waals surface area contributed by atoms with Crippen LogP contribution >= 0.6 is 0 Å². The normalized spacial score (nSPS) is 22.1. The van der Waals surface area contributed by atoms with E-state index in [1.54, 1.807) is 13.0 Å². The second kappa shape index (κ2) is 4.96. The van der Waals surface area contributed by atoms with Gasteiger partial charge in [0.1, 0.15) is 11.4 Å². The van der Waals surface area contributed by atoms with Gasteiger partial charge >= 0.3 is 6.18 Å². The lowest BCUT2D eigenvalue weighted by Gasteiger charge is -2.35. The van der Waals surface area contributed by atoms with Gasteiger partial charge in [-0.25, -0.2) is 0 Å². The summed E-state index contributed by atoms with van der Waals surface area (Å²) < 4.78 is 43.7. The average molecular weight is 284 g/mol. The van der Waals surface area contributed by atoms with Crippen molar-refractivity contribution in [2.45, 2.75) is 38.0 Å². The molecule has 108 valence electrons. The van der Waals surface area contributed by atoms with Gasteiger partial charge in [0.15, 0.2) is 5.78 Å². The van der Waals surface area contributed by atoms with Crippen molar-refractivity contribution in [2.75, 3.05) is 0 Å². The van der Waals surface area contributed by atoms with E-state index in [1.807, 2.05) is 0 Å². The summed E-state index contributed by atoms with van der Waals surface area (Å²) in [5, 5.41) is 0. The molecule has 0 saturated heterocycles. The third-order valence-corrected chi connectivity index (χ3v) is 3.38. The number of carbonyl (C=O) groups is 1. The van der Waals surface area contributed by atoms with Gasteiger partial charge in [0.25, 0.3) is 0 Å². The first kappa shape index (κ1) is 14.6. The van der Waals surface area contributed by atoms with E-state index in [0.29, 0.717) is 12.8 Å². The number of ketones is 1. The van der Waals surface area contributed by atoms with Crippen LogP contribution in [0.5, 0.6) is 5.75 Å². The molecule has 1 aromatic carbocycles. The first-order valence-electron chi connectivity index (χ1n) is 6.29. The molecule has 1 aliphatic rings. The van der Waals surface area contributed by atoms with Crippen molar-refractivity contribution < 1.29 is 22.7 Å². The Kier molecular flexibility index (Phi) is 3.63. The first-order chi connectivity index (χ1) is 9.25. The molecule has 5 heteroatoms. The number of hydrogen-bond acceptors (Lipinski definition) is 2. The fourth-order valence-corrected chi connectivity index (χ4v) is 2.30. The summed E-state index contributed by atoms with van der Waals surface area (Å²) in [7, 11) is 0. The molecule has 0 spiro atoms. The van der Waals surface area contributed by atoms with Gasteiger partial charge in [-0.3, -0.25) is 4.79 Å². The smallest absolute Gasteiger partial charge is 0.416 e. The summed E-state index contributed by atoms with van der Waals surface area (Å²) in [6, 6.07) is 3.00. The first-order valence-corrected chi connectivity index (χ1v) is 6.29. The van der Waals surface area contributed by atoms with Crippen LogP contribution in [0.1, 0.15) is 42.1 Å². The predicted octanol–water partition coefficient (Wildman–Crippen LogP) is 4.40. The van der Waals surface area contributed by atoms with E-state index in [-0.39, 0.29) is 23.5 Å². The van der Waals surface area contributed by atoms with Crippen LogP contribution in [0.2, 0.25) is 0 Å². The molecule has 0 fully saturated rings. The van der Waals surface area contributed by atoms with Gasteiger partial charge in [-0.15, -0.1) is 6.58 Å². The van der Waals surface area contributed by atoms with Crippen LogP contribution < -0.4 is 4.74 Å². The van der Waals surface area contributed by atoms with Crippen LogP contribution in [0.15, 0.2) is 30.9 Å². The van der Waals surface area contributed by atoms with Gasteiger partial charge in [-0.05, 0) is 38.0 Å². The van der Waals surface area contributed by atoms with E-state index < -0.39 is 17.3 Å². The van der Waals surface area contributed by atoms with Gasteiger partial charge in [0.05, 0.1) is 17.5 Å². The summed E-state index contributed by atoms with van der Waals surface area (Å²) in [6.45, 7) is 5.33. The minimum Gasteiger partial charge on any atom is -0.486 e. The van der Waals surface area contributed by atoms with Crippen molar-refractivity contribution in [3.63, 3.8) is 0 Å². The number of ether oxygens (including phenoxy) is 1. The minimum absolute atomic E-state index is 0.0163. The Morgan fingerprint density at radius 1 is 1.45 bits per heavy atom. The maximum absolute atomic E-state index is 12.7. The van der Waals surface area contributed by atoms with E-state index in [2.05, 4.69) is 6.58 Å². The summed E-state index contributed by atoms with van der Waals surface area (Å²) in [4.78, 5) is 12.0. The van der Waals surface area contributed by atoms with Crippen molar-refractivity contribution in [3.05, 3.63) is 42.0 Å². The van der Waals surface area contributed by atoms with Crippen molar-refractivity contribution >= 4 is 5.78 Å². The highest BCUT2D eigenvalue weighted by atomic mass is 19.4. The molecule has 0 aromatic heterocycles. The molecule has 0 radical (unpaired) electrons. The van der Waals surface area contributed by atoms with Crippen LogP contribution in [0, 0.1) is 0 Å². The van der Waals surface area contributed by atoms with E-state index in [9.17, 15) is 18.0 Å². The SMILES string of the molecule is C=CCCC1(C)CC(=O)c2ccc(C(F)(F)F)cc2O1. The van der Waals surface area contributed by atoms with Gasteiger partial charge in [-0.1, -0.05) is 6.08 Å². The molecule has 20 heavy (non-hydrogen) atoms. The van der Waals surface area contributed by atoms with Gasteiger partial charge < -0.3 is 4.74 Å². The zero-order valence-corrected chi connectivity index (χ0v) is 11.1. The Balaban J connectivity index is 2.36. The number of Topliss-reactive ketones (excluding diaryl/α,β-unsaturated/α-hetero) is 1. The molecule has 1 atom stereocenters. The number of fused-ring (bicyclic) bond motifs is 1. The topological polar surface area (TPSA) is 26.3 Å². The molecule has 1 unspecified atom stereocenters. The quantitative estimate of drug-likeness (QED) is 0.769. The van der Waals surface area contributed by atoms with Gasteiger partial charge in [0.2, 0.25) is 0 Å².